The Hall–Kier alpha value is -3.21. The molecule has 34 heavy (non-hydrogen) atoms. The zero-order valence-corrected chi connectivity index (χ0v) is 21.0. The summed E-state index contributed by atoms with van der Waals surface area (Å²) < 4.78 is 17.4. The van der Waals surface area contributed by atoms with E-state index >= 15 is 0 Å². The molecule has 1 N–H and O–H groups in total. The van der Waals surface area contributed by atoms with E-state index in [-0.39, 0.29) is 11.9 Å². The van der Waals surface area contributed by atoms with Crippen LogP contribution in [-0.2, 0) is 16.0 Å². The predicted octanol–water partition coefficient (Wildman–Crippen LogP) is 6.30. The van der Waals surface area contributed by atoms with Gasteiger partial charge in [-0.3, -0.25) is 4.79 Å². The molecule has 5 nitrogen and oxygen atoms in total. The number of benzene rings is 3. The van der Waals surface area contributed by atoms with E-state index < -0.39 is 5.60 Å². The molecule has 0 saturated carbocycles. The zero-order valence-electron chi connectivity index (χ0n) is 21.0. The van der Waals surface area contributed by atoms with E-state index in [1.165, 1.54) is 0 Å². The molecule has 3 aromatic rings. The van der Waals surface area contributed by atoms with Crippen molar-refractivity contribution in [1.29, 1.82) is 0 Å². The molecule has 0 saturated heterocycles. The maximum absolute atomic E-state index is 12.8. The number of phenolic OH excluding ortho intramolecular Hbond substituents is 1. The Morgan fingerprint density at radius 1 is 1.09 bits per heavy atom. The fraction of sp³-hybridized carbons (Fsp3) is 0.414. The van der Waals surface area contributed by atoms with E-state index in [1.54, 1.807) is 7.11 Å². The molecule has 1 aliphatic heterocycles. The number of rotatable bonds is 6. The maximum Gasteiger partial charge on any atom is 0.313 e. The zero-order chi connectivity index (χ0) is 24.6. The Morgan fingerprint density at radius 2 is 1.79 bits per heavy atom. The number of phenols is 1. The molecule has 1 aliphatic rings. The highest BCUT2D eigenvalue weighted by molar-refractivity contribution is 5.86. The van der Waals surface area contributed by atoms with Crippen molar-refractivity contribution in [2.45, 2.75) is 65.4 Å². The largest absolute Gasteiger partial charge is 0.507 e. The maximum atomic E-state index is 12.8. The average molecular weight is 463 g/mol. The van der Waals surface area contributed by atoms with Crippen molar-refractivity contribution in [3.63, 3.8) is 0 Å². The van der Waals surface area contributed by atoms with Gasteiger partial charge in [0.15, 0.2) is 0 Å². The molecule has 0 bridgehead atoms. The third-order valence-electron chi connectivity index (χ3n) is 7.39. The summed E-state index contributed by atoms with van der Waals surface area (Å²) in [4.78, 5) is 12.8. The highest BCUT2D eigenvalue weighted by Gasteiger charge is 2.35. The molecule has 4 rings (SSSR count). The second-order valence-electron chi connectivity index (χ2n) is 9.69. The van der Waals surface area contributed by atoms with E-state index in [4.69, 9.17) is 14.2 Å². The summed E-state index contributed by atoms with van der Waals surface area (Å²) >= 11 is 0. The van der Waals surface area contributed by atoms with Crippen LogP contribution in [-0.4, -0.2) is 30.4 Å². The number of hydrogen-bond acceptors (Lipinski definition) is 5. The molecular weight excluding hydrogens is 428 g/mol. The van der Waals surface area contributed by atoms with Gasteiger partial charge in [-0.05, 0) is 92.6 Å². The number of methoxy groups -OCH3 is 1. The van der Waals surface area contributed by atoms with Gasteiger partial charge in [-0.1, -0.05) is 24.3 Å². The molecule has 1 heterocycles. The number of aromatic hydroxyl groups is 1. The third-order valence-corrected chi connectivity index (χ3v) is 7.39. The third kappa shape index (κ3) is 4.44. The molecule has 0 radical (unpaired) electrons. The van der Waals surface area contributed by atoms with Crippen LogP contribution < -0.4 is 9.47 Å². The van der Waals surface area contributed by atoms with Crippen molar-refractivity contribution in [3.05, 3.63) is 64.2 Å². The lowest BCUT2D eigenvalue weighted by atomic mass is 9.86. The van der Waals surface area contributed by atoms with E-state index in [0.717, 1.165) is 62.9 Å². The molecule has 180 valence electrons. The molecule has 5 heteroatoms. The summed E-state index contributed by atoms with van der Waals surface area (Å²) in [5.41, 5.74) is 4.32. The van der Waals surface area contributed by atoms with E-state index in [2.05, 4.69) is 6.92 Å². The normalized spacial score (nSPS) is 18.2. The summed E-state index contributed by atoms with van der Waals surface area (Å²) in [6.45, 7) is 10.1. The van der Waals surface area contributed by atoms with Gasteiger partial charge < -0.3 is 19.3 Å². The highest BCUT2D eigenvalue weighted by Crippen LogP contribution is 2.44. The van der Waals surface area contributed by atoms with Gasteiger partial charge in [0.1, 0.15) is 22.8 Å². The van der Waals surface area contributed by atoms with Gasteiger partial charge in [0.2, 0.25) is 0 Å². The standard InChI is InChI=1S/C29H34O5/c1-17-18(2)27-25(20(4)26(17)30)11-12-29(5,34-27)13-14-33-28(31)19(3)21-7-8-23-16-24(32-6)10-9-22(23)15-21/h7-10,15-16,19,30H,11-14H2,1-6H3/t19-,29?/m0/s1. The van der Waals surface area contributed by atoms with Crippen LogP contribution in [0.15, 0.2) is 36.4 Å². The van der Waals surface area contributed by atoms with E-state index in [9.17, 15) is 9.90 Å². The van der Waals surface area contributed by atoms with Crippen LogP contribution in [0.5, 0.6) is 17.2 Å². The quantitative estimate of drug-likeness (QED) is 0.436. The molecule has 0 aromatic heterocycles. The smallest absolute Gasteiger partial charge is 0.313 e. The fourth-order valence-electron chi connectivity index (χ4n) is 4.74. The van der Waals surface area contributed by atoms with Crippen molar-refractivity contribution in [2.24, 2.45) is 0 Å². The number of ether oxygens (including phenoxy) is 3. The molecule has 0 spiro atoms. The first-order valence-electron chi connectivity index (χ1n) is 11.9. The van der Waals surface area contributed by atoms with Crippen LogP contribution in [0.4, 0.5) is 0 Å². The Bertz CT molecular complexity index is 1250. The van der Waals surface area contributed by atoms with Gasteiger partial charge in [-0.2, -0.15) is 0 Å². The second-order valence-corrected chi connectivity index (χ2v) is 9.69. The molecule has 2 atom stereocenters. The predicted molar refractivity (Wildman–Crippen MR) is 134 cm³/mol. The Kier molecular flexibility index (Phi) is 6.48. The van der Waals surface area contributed by atoms with Crippen molar-refractivity contribution in [1.82, 2.24) is 0 Å². The topological polar surface area (TPSA) is 65.0 Å². The lowest BCUT2D eigenvalue weighted by Crippen LogP contribution is -2.38. The number of esters is 1. The number of hydrogen-bond donors (Lipinski definition) is 1. The molecule has 0 fully saturated rings. The summed E-state index contributed by atoms with van der Waals surface area (Å²) in [6, 6.07) is 11.9. The molecule has 1 unspecified atom stereocenters. The van der Waals surface area contributed by atoms with Crippen LogP contribution in [0.3, 0.4) is 0 Å². The minimum absolute atomic E-state index is 0.236. The number of carbonyl (C=O) groups excluding carboxylic acids is 1. The first kappa shape index (κ1) is 23.9. The van der Waals surface area contributed by atoms with Gasteiger partial charge in [0.25, 0.3) is 0 Å². The summed E-state index contributed by atoms with van der Waals surface area (Å²) in [5, 5.41) is 12.5. The van der Waals surface area contributed by atoms with Gasteiger partial charge in [0.05, 0.1) is 19.6 Å². The second kappa shape index (κ2) is 9.21. The molecule has 0 amide bonds. The van der Waals surface area contributed by atoms with Gasteiger partial charge in [0, 0.05) is 12.0 Å². The van der Waals surface area contributed by atoms with Crippen LogP contribution in [0, 0.1) is 20.8 Å². The molecule has 0 aliphatic carbocycles. The SMILES string of the molecule is COc1ccc2cc([C@H](C)C(=O)OCCC3(C)CCc4c(C)c(O)c(C)c(C)c4O3)ccc2c1. The monoisotopic (exact) mass is 462 g/mol. The molecular formula is C29H34O5. The number of carbonyl (C=O) groups is 1. The Labute approximate surface area is 201 Å². The van der Waals surface area contributed by atoms with Crippen LogP contribution in [0.25, 0.3) is 10.8 Å². The van der Waals surface area contributed by atoms with Crippen LogP contribution >= 0.6 is 0 Å². The Balaban J connectivity index is 1.40. The summed E-state index contributed by atoms with van der Waals surface area (Å²) in [7, 11) is 1.65. The fourth-order valence-corrected chi connectivity index (χ4v) is 4.74. The summed E-state index contributed by atoms with van der Waals surface area (Å²) in [6.07, 6.45) is 2.25. The first-order valence-corrected chi connectivity index (χ1v) is 11.9. The van der Waals surface area contributed by atoms with Crippen molar-refractivity contribution < 1.29 is 24.1 Å². The van der Waals surface area contributed by atoms with Gasteiger partial charge >= 0.3 is 5.97 Å². The van der Waals surface area contributed by atoms with E-state index in [0.29, 0.717) is 18.8 Å². The van der Waals surface area contributed by atoms with Crippen LogP contribution in [0.2, 0.25) is 0 Å². The minimum Gasteiger partial charge on any atom is -0.507 e. The molecule has 3 aromatic carbocycles. The van der Waals surface area contributed by atoms with Crippen molar-refractivity contribution in [2.75, 3.05) is 13.7 Å². The average Bonchev–Trinajstić information content (AvgIpc) is 2.84. The van der Waals surface area contributed by atoms with Gasteiger partial charge in [-0.15, -0.1) is 0 Å². The van der Waals surface area contributed by atoms with Crippen molar-refractivity contribution >= 4 is 16.7 Å². The van der Waals surface area contributed by atoms with Crippen LogP contribution in [0.1, 0.15) is 60.4 Å². The highest BCUT2D eigenvalue weighted by atomic mass is 16.5. The van der Waals surface area contributed by atoms with E-state index in [1.807, 2.05) is 64.1 Å². The Morgan fingerprint density at radius 3 is 2.53 bits per heavy atom. The lowest BCUT2D eigenvalue weighted by Gasteiger charge is -2.38. The first-order chi connectivity index (χ1) is 16.1. The lowest BCUT2D eigenvalue weighted by molar-refractivity contribution is -0.146. The summed E-state index contributed by atoms with van der Waals surface area (Å²) in [5.74, 6) is 1.45. The van der Waals surface area contributed by atoms with Crippen molar-refractivity contribution in [3.8, 4) is 17.2 Å². The number of fused-ring (bicyclic) bond motifs is 2. The minimum atomic E-state index is -0.418. The van der Waals surface area contributed by atoms with Gasteiger partial charge in [-0.25, -0.2) is 0 Å².